The molecule has 1 nitrogen and oxygen atoms in total. The van der Waals surface area contributed by atoms with Crippen LogP contribution in [-0.2, 0) is 38.9 Å². The molecule has 0 aliphatic rings. The van der Waals surface area contributed by atoms with Crippen LogP contribution in [0.5, 0.6) is 0 Å². The average molecular weight is 590 g/mol. The van der Waals surface area contributed by atoms with Crippen molar-refractivity contribution in [3.8, 4) is 0 Å². The third-order valence-corrected chi connectivity index (χ3v) is 7.25. The van der Waals surface area contributed by atoms with Crippen LogP contribution < -0.4 is 0 Å². The van der Waals surface area contributed by atoms with Gasteiger partial charge in [0.15, 0.2) is 0 Å². The van der Waals surface area contributed by atoms with E-state index < -0.39 is 0 Å². The molecule has 0 aliphatic heterocycles. The van der Waals surface area contributed by atoms with E-state index in [2.05, 4.69) is 36.4 Å². The fraction of sp³-hybridized carbons (Fsp3) is 0.0645. The van der Waals surface area contributed by atoms with Gasteiger partial charge in [0, 0.05) is 21.6 Å². The van der Waals surface area contributed by atoms with Crippen molar-refractivity contribution in [3.63, 3.8) is 0 Å². The van der Waals surface area contributed by atoms with Gasteiger partial charge in [-0.05, 0) is 22.9 Å². The van der Waals surface area contributed by atoms with Crippen LogP contribution in [0.15, 0.2) is 144 Å². The van der Waals surface area contributed by atoms with Crippen molar-refractivity contribution < 1.29 is 38.9 Å². The summed E-state index contributed by atoms with van der Waals surface area (Å²) >= 11 is 3.30. The van der Waals surface area contributed by atoms with Gasteiger partial charge in [-0.2, -0.15) is 60.7 Å². The molecule has 0 amide bonds. The SMILES string of the molecule is O=C(C(c1cccs1)[c-]1cccc1)C(c1cccs1)[c-]1cccc1.[Fe+2].[Fe+2].c1cc[cH-]c1.c1cc[cH-]c1. The first-order valence-corrected chi connectivity index (χ1v) is 13.0. The van der Waals surface area contributed by atoms with E-state index in [1.54, 1.807) is 22.7 Å². The number of ketones is 1. The van der Waals surface area contributed by atoms with Gasteiger partial charge in [-0.25, -0.2) is 48.5 Å². The molecule has 4 aromatic carbocycles. The van der Waals surface area contributed by atoms with Gasteiger partial charge < -0.3 is 0 Å². The minimum absolute atomic E-state index is 0. The molecule has 0 fully saturated rings. The quantitative estimate of drug-likeness (QED) is 0.140. The molecule has 0 spiro atoms. The molecular weight excluding hydrogens is 564 g/mol. The topological polar surface area (TPSA) is 17.1 Å². The molecule has 6 rings (SSSR count). The Morgan fingerprint density at radius 1 is 0.583 bits per heavy atom. The Morgan fingerprint density at radius 3 is 1.19 bits per heavy atom. The summed E-state index contributed by atoms with van der Waals surface area (Å²) in [4.78, 5) is 15.9. The van der Waals surface area contributed by atoms with E-state index >= 15 is 0 Å². The second-order valence-corrected chi connectivity index (χ2v) is 9.62. The van der Waals surface area contributed by atoms with Gasteiger partial charge in [0.2, 0.25) is 0 Å². The van der Waals surface area contributed by atoms with E-state index in [1.807, 2.05) is 108 Å². The normalized spacial score (nSPS) is 11.3. The van der Waals surface area contributed by atoms with Gasteiger partial charge in [0.25, 0.3) is 0 Å². The third-order valence-electron chi connectivity index (χ3n) is 5.38. The monoisotopic (exact) mass is 590 g/mol. The second-order valence-electron chi connectivity index (χ2n) is 7.66. The van der Waals surface area contributed by atoms with E-state index in [1.165, 1.54) is 0 Å². The first-order chi connectivity index (χ1) is 16.8. The Bertz CT molecular complexity index is 1040. The fourth-order valence-electron chi connectivity index (χ4n) is 3.82. The van der Waals surface area contributed by atoms with Crippen molar-refractivity contribution in [2.45, 2.75) is 11.8 Å². The van der Waals surface area contributed by atoms with Gasteiger partial charge in [-0.15, -0.1) is 33.8 Å². The standard InChI is InChI=1S/C21H16OS2.2C5H5.2Fe/c22-21(19(15-7-1-2-8-15)17-11-5-13-23-17)20(16-9-3-4-10-16)18-12-6-14-24-18;2*1-2-4-5-3-1;;/h1-14,19-20H;2*1-5H;;/q-2;2*-1;2*+2. The van der Waals surface area contributed by atoms with E-state index in [0.29, 0.717) is 0 Å². The van der Waals surface area contributed by atoms with Gasteiger partial charge in [0.1, 0.15) is 5.78 Å². The number of rotatable bonds is 6. The summed E-state index contributed by atoms with van der Waals surface area (Å²) in [6.45, 7) is 0. The van der Waals surface area contributed by atoms with Crippen molar-refractivity contribution in [3.05, 3.63) is 165 Å². The molecule has 0 N–H and O–H groups in total. The summed E-state index contributed by atoms with van der Waals surface area (Å²) in [5, 5.41) is 4.09. The number of Topliss-reactive ketones (excluding diaryl/α,β-unsaturated/α-hetero) is 1. The summed E-state index contributed by atoms with van der Waals surface area (Å²) < 4.78 is 0. The third kappa shape index (κ3) is 8.28. The molecule has 0 radical (unpaired) electrons. The predicted molar refractivity (Wildman–Crippen MR) is 145 cm³/mol. The molecule has 184 valence electrons. The molecule has 2 atom stereocenters. The zero-order valence-electron chi connectivity index (χ0n) is 19.4. The number of thiophene rings is 2. The van der Waals surface area contributed by atoms with Crippen molar-refractivity contribution >= 4 is 28.5 Å². The van der Waals surface area contributed by atoms with Crippen LogP contribution in [0.4, 0.5) is 0 Å². The van der Waals surface area contributed by atoms with Crippen molar-refractivity contribution in [2.75, 3.05) is 0 Å². The van der Waals surface area contributed by atoms with E-state index in [9.17, 15) is 4.79 Å². The Labute approximate surface area is 242 Å². The molecule has 5 heteroatoms. The Balaban J connectivity index is 0.000000317. The van der Waals surface area contributed by atoms with Gasteiger partial charge in [-0.3, -0.25) is 4.79 Å². The summed E-state index contributed by atoms with van der Waals surface area (Å²) in [6.07, 6.45) is 0. The maximum Gasteiger partial charge on any atom is 2.00 e. The van der Waals surface area contributed by atoms with Crippen LogP contribution >= 0.6 is 22.7 Å². The summed E-state index contributed by atoms with van der Waals surface area (Å²) in [7, 11) is 0. The van der Waals surface area contributed by atoms with Crippen LogP contribution in [0.3, 0.4) is 0 Å². The average Bonchev–Trinajstić information content (AvgIpc) is 3.74. The van der Waals surface area contributed by atoms with Crippen LogP contribution in [0, 0.1) is 0 Å². The number of carbonyl (C=O) groups is 1. The van der Waals surface area contributed by atoms with E-state index in [0.717, 1.165) is 20.9 Å². The Kier molecular flexibility index (Phi) is 13.5. The Morgan fingerprint density at radius 2 is 0.944 bits per heavy atom. The van der Waals surface area contributed by atoms with E-state index in [-0.39, 0.29) is 51.8 Å². The van der Waals surface area contributed by atoms with Gasteiger partial charge in [0.05, 0.1) is 0 Å². The predicted octanol–water partition coefficient (Wildman–Crippen LogP) is 8.59. The van der Waals surface area contributed by atoms with Crippen LogP contribution in [0.25, 0.3) is 0 Å². The zero-order chi connectivity index (χ0) is 23.4. The molecule has 0 saturated heterocycles. The zero-order valence-corrected chi connectivity index (χ0v) is 23.3. The van der Waals surface area contributed by atoms with Crippen LogP contribution in [-0.4, -0.2) is 5.78 Å². The number of hydrogen-bond donors (Lipinski definition) is 0. The largest absolute Gasteiger partial charge is 2.00 e. The Hall–Kier alpha value is -2.49. The maximum atomic E-state index is 13.7. The van der Waals surface area contributed by atoms with Gasteiger partial charge >= 0.3 is 34.1 Å². The molecule has 2 unspecified atom stereocenters. The summed E-state index contributed by atoms with van der Waals surface area (Å²) in [5.74, 6) is -0.165. The van der Waals surface area contributed by atoms with Crippen molar-refractivity contribution in [1.82, 2.24) is 0 Å². The maximum absolute atomic E-state index is 13.7. The summed E-state index contributed by atoms with van der Waals surface area (Å²) in [6, 6.07) is 44.4. The molecular formula is C31H26Fe2OS2. The summed E-state index contributed by atoms with van der Waals surface area (Å²) in [5.41, 5.74) is 2.16. The first kappa shape index (κ1) is 29.7. The molecule has 6 aromatic rings. The van der Waals surface area contributed by atoms with Crippen molar-refractivity contribution in [1.29, 1.82) is 0 Å². The molecule has 2 aromatic heterocycles. The molecule has 0 saturated carbocycles. The molecule has 2 heterocycles. The fourth-order valence-corrected chi connectivity index (χ4v) is 5.54. The molecule has 0 bridgehead atoms. The smallest absolute Gasteiger partial charge is 0.300 e. The number of carbonyl (C=O) groups excluding carboxylic acids is 1. The minimum Gasteiger partial charge on any atom is -0.300 e. The molecule has 36 heavy (non-hydrogen) atoms. The number of hydrogen-bond acceptors (Lipinski definition) is 3. The van der Waals surface area contributed by atoms with Crippen LogP contribution in [0.1, 0.15) is 32.7 Å². The van der Waals surface area contributed by atoms with E-state index in [4.69, 9.17) is 0 Å². The van der Waals surface area contributed by atoms with Crippen molar-refractivity contribution in [2.24, 2.45) is 0 Å². The second kappa shape index (κ2) is 16.3. The minimum atomic E-state index is -0.206. The van der Waals surface area contributed by atoms with Crippen LogP contribution in [0.2, 0.25) is 0 Å². The molecule has 0 aliphatic carbocycles. The van der Waals surface area contributed by atoms with Gasteiger partial charge in [-0.1, -0.05) is 12.1 Å². The first-order valence-electron chi connectivity index (χ1n) is 11.2.